The molecule has 17 heavy (non-hydrogen) atoms. The molecule has 2 aliphatic rings. The van der Waals surface area contributed by atoms with Crippen LogP contribution >= 0.6 is 0 Å². The molecule has 1 saturated carbocycles. The number of methoxy groups -OCH3 is 1. The van der Waals surface area contributed by atoms with Crippen LogP contribution in [0.1, 0.15) is 19.3 Å². The van der Waals surface area contributed by atoms with E-state index in [4.69, 9.17) is 10.6 Å². The second kappa shape index (κ2) is 4.03. The van der Waals surface area contributed by atoms with Crippen LogP contribution in [0.15, 0.2) is 6.33 Å². The van der Waals surface area contributed by atoms with Crippen molar-refractivity contribution >= 4 is 11.6 Å². The zero-order valence-electron chi connectivity index (χ0n) is 9.89. The third kappa shape index (κ3) is 1.59. The van der Waals surface area contributed by atoms with Gasteiger partial charge in [0.15, 0.2) is 11.6 Å². The van der Waals surface area contributed by atoms with Crippen molar-refractivity contribution in [2.45, 2.75) is 25.3 Å². The van der Waals surface area contributed by atoms with E-state index < -0.39 is 0 Å². The molecule has 6 heteroatoms. The van der Waals surface area contributed by atoms with Crippen molar-refractivity contribution in [1.82, 2.24) is 9.97 Å². The number of fused-ring (bicyclic) bond motifs is 2. The molecule has 2 unspecified atom stereocenters. The van der Waals surface area contributed by atoms with Crippen molar-refractivity contribution < 1.29 is 4.74 Å². The number of aromatic nitrogens is 2. The van der Waals surface area contributed by atoms with Crippen LogP contribution in [0, 0.1) is 5.92 Å². The minimum absolute atomic E-state index is 0.542. The summed E-state index contributed by atoms with van der Waals surface area (Å²) in [6.07, 6.45) is 5.40. The quantitative estimate of drug-likeness (QED) is 0.595. The summed E-state index contributed by atoms with van der Waals surface area (Å²) >= 11 is 0. The zero-order chi connectivity index (χ0) is 11.8. The first-order chi connectivity index (χ1) is 8.33. The number of anilines is 2. The highest BCUT2D eigenvalue weighted by Gasteiger charge is 2.39. The van der Waals surface area contributed by atoms with Crippen LogP contribution in [-0.2, 0) is 0 Å². The maximum Gasteiger partial charge on any atom is 0.205 e. The summed E-state index contributed by atoms with van der Waals surface area (Å²) < 4.78 is 5.38. The average Bonchev–Trinajstić information content (AvgIpc) is 2.99. The van der Waals surface area contributed by atoms with Crippen LogP contribution in [0.4, 0.5) is 11.6 Å². The molecule has 92 valence electrons. The molecule has 2 heterocycles. The molecule has 6 nitrogen and oxygen atoms in total. The Bertz CT molecular complexity index is 424. The molecule has 1 aromatic heterocycles. The topological polar surface area (TPSA) is 76.3 Å². The molecular weight excluding hydrogens is 218 g/mol. The number of hydrogen-bond donors (Lipinski definition) is 2. The summed E-state index contributed by atoms with van der Waals surface area (Å²) in [5.74, 6) is 8.29. The van der Waals surface area contributed by atoms with E-state index in [-0.39, 0.29) is 0 Å². The number of ether oxygens (including phenoxy) is 1. The monoisotopic (exact) mass is 235 g/mol. The van der Waals surface area contributed by atoms with Gasteiger partial charge in [-0.15, -0.1) is 0 Å². The van der Waals surface area contributed by atoms with Crippen LogP contribution in [-0.4, -0.2) is 29.7 Å². The molecule has 0 spiro atoms. The fourth-order valence-corrected chi connectivity index (χ4v) is 3.04. The lowest BCUT2D eigenvalue weighted by Crippen LogP contribution is -2.33. The summed E-state index contributed by atoms with van der Waals surface area (Å²) in [7, 11) is 1.62. The molecule has 2 bridgehead atoms. The minimum atomic E-state index is 0.542. The Kier molecular flexibility index (Phi) is 2.51. The summed E-state index contributed by atoms with van der Waals surface area (Å²) in [5, 5.41) is 0. The van der Waals surface area contributed by atoms with E-state index in [2.05, 4.69) is 20.3 Å². The molecule has 2 fully saturated rings. The maximum absolute atomic E-state index is 5.43. The van der Waals surface area contributed by atoms with Crippen LogP contribution in [0.2, 0.25) is 0 Å². The van der Waals surface area contributed by atoms with Gasteiger partial charge in [-0.1, -0.05) is 0 Å². The summed E-state index contributed by atoms with van der Waals surface area (Å²) in [6.45, 7) is 1.07. The van der Waals surface area contributed by atoms with E-state index in [1.54, 1.807) is 7.11 Å². The lowest BCUT2D eigenvalue weighted by atomic mass is 10.1. The van der Waals surface area contributed by atoms with Gasteiger partial charge in [-0.25, -0.2) is 15.8 Å². The van der Waals surface area contributed by atoms with Crippen molar-refractivity contribution in [3.05, 3.63) is 6.33 Å². The molecule has 1 saturated heterocycles. The number of hydrazine groups is 1. The van der Waals surface area contributed by atoms with Crippen molar-refractivity contribution in [2.75, 3.05) is 24.0 Å². The van der Waals surface area contributed by atoms with Crippen LogP contribution in [0.25, 0.3) is 0 Å². The molecule has 2 atom stereocenters. The summed E-state index contributed by atoms with van der Waals surface area (Å²) in [4.78, 5) is 10.7. The Morgan fingerprint density at radius 2 is 2.35 bits per heavy atom. The van der Waals surface area contributed by atoms with Gasteiger partial charge < -0.3 is 15.1 Å². The molecule has 3 N–H and O–H groups in total. The Morgan fingerprint density at radius 1 is 1.47 bits per heavy atom. The predicted octanol–water partition coefficient (Wildman–Crippen LogP) is 0.759. The first-order valence-electron chi connectivity index (χ1n) is 5.95. The number of nitrogens with one attached hydrogen (secondary N) is 1. The maximum atomic E-state index is 5.43. The smallest absolute Gasteiger partial charge is 0.205 e. The summed E-state index contributed by atoms with van der Waals surface area (Å²) in [5.41, 5.74) is 2.55. The molecular formula is C11H17N5O. The van der Waals surface area contributed by atoms with Crippen LogP contribution < -0.4 is 20.9 Å². The number of nitrogens with two attached hydrogens (primary N) is 1. The first-order valence-corrected chi connectivity index (χ1v) is 5.95. The second-order valence-electron chi connectivity index (χ2n) is 4.71. The van der Waals surface area contributed by atoms with Gasteiger partial charge in [-0.05, 0) is 25.2 Å². The molecule has 3 rings (SSSR count). The standard InChI is InChI=1S/C11H17N5O/c1-17-9-10(15-12)13-6-14-11(9)16-5-7-2-3-8(16)4-7/h6-8H,2-5,12H2,1H3,(H,13,14,15). The molecule has 0 radical (unpaired) electrons. The van der Waals surface area contributed by atoms with E-state index >= 15 is 0 Å². The predicted molar refractivity (Wildman–Crippen MR) is 64.9 cm³/mol. The van der Waals surface area contributed by atoms with E-state index in [1.807, 2.05) is 0 Å². The van der Waals surface area contributed by atoms with Crippen LogP contribution in [0.5, 0.6) is 5.75 Å². The molecule has 1 aliphatic carbocycles. The van der Waals surface area contributed by atoms with Gasteiger partial charge in [0.2, 0.25) is 5.75 Å². The molecule has 1 aliphatic heterocycles. The number of nitrogen functional groups attached to an aromatic ring is 1. The van der Waals surface area contributed by atoms with Gasteiger partial charge in [0.05, 0.1) is 7.11 Å². The Morgan fingerprint density at radius 3 is 2.94 bits per heavy atom. The Hall–Kier alpha value is -1.56. The van der Waals surface area contributed by atoms with Gasteiger partial charge in [0, 0.05) is 12.6 Å². The Balaban J connectivity index is 1.97. The van der Waals surface area contributed by atoms with Gasteiger partial charge >= 0.3 is 0 Å². The van der Waals surface area contributed by atoms with Gasteiger partial charge in [-0.3, -0.25) is 0 Å². The third-order valence-electron chi connectivity index (χ3n) is 3.81. The molecule has 0 amide bonds. The number of hydrogen-bond acceptors (Lipinski definition) is 6. The SMILES string of the molecule is COc1c(NN)ncnc1N1CC2CCC1C2. The highest BCUT2D eigenvalue weighted by molar-refractivity contribution is 5.65. The normalized spacial score (nSPS) is 26.4. The number of rotatable bonds is 3. The third-order valence-corrected chi connectivity index (χ3v) is 3.81. The van der Waals surface area contributed by atoms with Crippen LogP contribution in [0.3, 0.4) is 0 Å². The van der Waals surface area contributed by atoms with Gasteiger partial charge in [0.1, 0.15) is 6.33 Å². The average molecular weight is 235 g/mol. The number of piperidine rings is 1. The van der Waals surface area contributed by atoms with E-state index in [9.17, 15) is 0 Å². The van der Waals surface area contributed by atoms with Crippen molar-refractivity contribution in [3.8, 4) is 5.75 Å². The van der Waals surface area contributed by atoms with Crippen molar-refractivity contribution in [1.29, 1.82) is 0 Å². The lowest BCUT2D eigenvalue weighted by Gasteiger charge is -2.29. The minimum Gasteiger partial charge on any atom is -0.490 e. The first kappa shape index (κ1) is 10.6. The van der Waals surface area contributed by atoms with Gasteiger partial charge in [0.25, 0.3) is 0 Å². The molecule has 1 aromatic rings. The highest BCUT2D eigenvalue weighted by atomic mass is 16.5. The highest BCUT2D eigenvalue weighted by Crippen LogP contribution is 2.43. The van der Waals surface area contributed by atoms with Crippen molar-refractivity contribution in [3.63, 3.8) is 0 Å². The zero-order valence-corrected chi connectivity index (χ0v) is 9.89. The summed E-state index contributed by atoms with van der Waals surface area (Å²) in [6, 6.07) is 0.606. The second-order valence-corrected chi connectivity index (χ2v) is 4.71. The van der Waals surface area contributed by atoms with Crippen molar-refractivity contribution in [2.24, 2.45) is 11.8 Å². The lowest BCUT2D eigenvalue weighted by molar-refractivity contribution is 0.409. The number of nitrogens with zero attached hydrogens (tertiary/aromatic N) is 3. The van der Waals surface area contributed by atoms with E-state index in [1.165, 1.54) is 25.6 Å². The van der Waals surface area contributed by atoms with E-state index in [0.29, 0.717) is 17.6 Å². The molecule has 0 aromatic carbocycles. The van der Waals surface area contributed by atoms with Gasteiger partial charge in [-0.2, -0.15) is 0 Å². The largest absolute Gasteiger partial charge is 0.490 e. The Labute approximate surface area is 100 Å². The fourth-order valence-electron chi connectivity index (χ4n) is 3.04. The van der Waals surface area contributed by atoms with E-state index in [0.717, 1.165) is 18.3 Å². The fraction of sp³-hybridized carbons (Fsp3) is 0.636.